The summed E-state index contributed by atoms with van der Waals surface area (Å²) < 4.78 is 45.0. The van der Waals surface area contributed by atoms with E-state index < -0.39 is 28.8 Å². The SMILES string of the molecule is O=C(CCc1cccc(Oc2ccnc(C3=NCC(O)CN3)c2)c1)Nc1ccc(Cl)c(C(F)(F)F)c1. The zero-order valence-corrected chi connectivity index (χ0v) is 19.6. The van der Waals surface area contributed by atoms with Crippen LogP contribution in [0, 0.1) is 0 Å². The Hall–Kier alpha value is -3.63. The number of aliphatic hydroxyl groups is 1. The lowest BCUT2D eigenvalue weighted by atomic mass is 10.1. The summed E-state index contributed by atoms with van der Waals surface area (Å²) in [6.07, 6.45) is -3.13. The van der Waals surface area contributed by atoms with Crippen LogP contribution in [0.2, 0.25) is 5.02 Å². The molecule has 0 saturated heterocycles. The lowest BCUT2D eigenvalue weighted by molar-refractivity contribution is -0.137. The van der Waals surface area contributed by atoms with Crippen LogP contribution < -0.4 is 15.4 Å². The number of aliphatic hydroxyl groups excluding tert-OH is 1. The largest absolute Gasteiger partial charge is 0.457 e. The molecule has 1 aliphatic rings. The molecule has 2 heterocycles. The standard InChI is InChI=1S/C25H22ClF3N4O3/c26-21-6-5-16(11-20(21)25(27,28)29)33-23(35)7-4-15-2-1-3-18(10-15)36-19-8-9-30-22(12-19)24-31-13-17(34)14-32-24/h1-3,5-6,8-12,17,34H,4,7,13-14H2,(H,31,32)(H,33,35). The molecule has 4 rings (SSSR count). The van der Waals surface area contributed by atoms with E-state index in [1.807, 2.05) is 6.07 Å². The van der Waals surface area contributed by atoms with Gasteiger partial charge in [-0.1, -0.05) is 23.7 Å². The third-order valence-electron chi connectivity index (χ3n) is 5.27. The number of pyridine rings is 1. The Labute approximate surface area is 210 Å². The maximum absolute atomic E-state index is 13.0. The van der Waals surface area contributed by atoms with E-state index in [1.54, 1.807) is 36.5 Å². The van der Waals surface area contributed by atoms with Crippen LogP contribution in [-0.2, 0) is 17.4 Å². The molecule has 2 aromatic carbocycles. The second-order valence-electron chi connectivity index (χ2n) is 8.09. The zero-order chi connectivity index (χ0) is 25.7. The summed E-state index contributed by atoms with van der Waals surface area (Å²) in [5, 5.41) is 14.6. The Kier molecular flexibility index (Phi) is 7.76. The molecule has 7 nitrogen and oxygen atoms in total. The van der Waals surface area contributed by atoms with Crippen LogP contribution in [0.4, 0.5) is 18.9 Å². The molecule has 0 aliphatic carbocycles. The van der Waals surface area contributed by atoms with Crippen molar-refractivity contribution < 1.29 is 27.8 Å². The third kappa shape index (κ3) is 6.73. The van der Waals surface area contributed by atoms with Gasteiger partial charge in [0.25, 0.3) is 0 Å². The molecule has 1 aliphatic heterocycles. The molecule has 3 aromatic rings. The van der Waals surface area contributed by atoms with Gasteiger partial charge in [-0.2, -0.15) is 13.2 Å². The molecule has 1 unspecified atom stereocenters. The lowest BCUT2D eigenvalue weighted by Crippen LogP contribution is -2.39. The number of nitrogens with one attached hydrogen (secondary N) is 2. The van der Waals surface area contributed by atoms with Crippen molar-refractivity contribution in [2.45, 2.75) is 25.1 Å². The molecular formula is C25H22ClF3N4O3. The van der Waals surface area contributed by atoms with E-state index in [2.05, 4.69) is 20.6 Å². The molecular weight excluding hydrogens is 497 g/mol. The maximum atomic E-state index is 13.0. The number of amides is 1. The van der Waals surface area contributed by atoms with E-state index in [0.717, 1.165) is 17.7 Å². The van der Waals surface area contributed by atoms with Gasteiger partial charge >= 0.3 is 6.18 Å². The fraction of sp³-hybridized carbons (Fsp3) is 0.240. The van der Waals surface area contributed by atoms with E-state index in [4.69, 9.17) is 16.3 Å². The number of benzene rings is 2. The van der Waals surface area contributed by atoms with Crippen LogP contribution in [0.1, 0.15) is 23.2 Å². The van der Waals surface area contributed by atoms with Gasteiger partial charge in [0.1, 0.15) is 23.0 Å². The first-order valence-electron chi connectivity index (χ1n) is 11.0. The lowest BCUT2D eigenvalue weighted by Gasteiger charge is -2.18. The van der Waals surface area contributed by atoms with Crippen molar-refractivity contribution in [2.24, 2.45) is 4.99 Å². The number of aliphatic imine (C=N–C) groups is 1. The zero-order valence-electron chi connectivity index (χ0n) is 18.8. The van der Waals surface area contributed by atoms with E-state index in [1.165, 1.54) is 6.07 Å². The first-order chi connectivity index (χ1) is 17.2. The van der Waals surface area contributed by atoms with Crippen molar-refractivity contribution in [3.05, 3.63) is 82.6 Å². The maximum Gasteiger partial charge on any atom is 0.417 e. The molecule has 11 heteroatoms. The van der Waals surface area contributed by atoms with Crippen LogP contribution in [0.5, 0.6) is 11.5 Å². The molecule has 1 amide bonds. The molecule has 36 heavy (non-hydrogen) atoms. The number of nitrogens with zero attached hydrogens (tertiary/aromatic N) is 2. The number of β-amino-alcohol motifs (C(OH)–C–C–N with tert-alkyl or cyclic N) is 1. The highest BCUT2D eigenvalue weighted by Gasteiger charge is 2.33. The topological polar surface area (TPSA) is 95.8 Å². The smallest absolute Gasteiger partial charge is 0.417 e. The fourth-order valence-electron chi connectivity index (χ4n) is 3.51. The second kappa shape index (κ2) is 11.0. The van der Waals surface area contributed by atoms with Crippen LogP contribution >= 0.6 is 11.6 Å². The number of ether oxygens (including phenoxy) is 1. The van der Waals surface area contributed by atoms with Gasteiger partial charge in [0, 0.05) is 30.9 Å². The first kappa shape index (κ1) is 25.5. The molecule has 1 atom stereocenters. The van der Waals surface area contributed by atoms with E-state index >= 15 is 0 Å². The van der Waals surface area contributed by atoms with Gasteiger partial charge in [-0.25, -0.2) is 0 Å². The number of aromatic nitrogens is 1. The fourth-order valence-corrected chi connectivity index (χ4v) is 3.73. The van der Waals surface area contributed by atoms with Crippen LogP contribution in [0.3, 0.4) is 0 Å². The Morgan fingerprint density at radius 3 is 2.72 bits per heavy atom. The first-order valence-corrected chi connectivity index (χ1v) is 11.4. The summed E-state index contributed by atoms with van der Waals surface area (Å²) in [6.45, 7) is 0.689. The molecule has 188 valence electrons. The van der Waals surface area contributed by atoms with Gasteiger partial charge in [0.15, 0.2) is 0 Å². The summed E-state index contributed by atoms with van der Waals surface area (Å²) in [7, 11) is 0. The molecule has 1 aromatic heterocycles. The van der Waals surface area contributed by atoms with Gasteiger partial charge in [0.05, 0.1) is 23.2 Å². The average molecular weight is 519 g/mol. The number of hydrogen-bond donors (Lipinski definition) is 3. The minimum absolute atomic E-state index is 0.0221. The van der Waals surface area contributed by atoms with Crippen LogP contribution in [0.25, 0.3) is 0 Å². The average Bonchev–Trinajstić information content (AvgIpc) is 2.84. The van der Waals surface area contributed by atoms with Crippen LogP contribution in [0.15, 0.2) is 65.8 Å². The normalized spacial score (nSPS) is 15.6. The molecule has 3 N–H and O–H groups in total. The summed E-state index contributed by atoms with van der Waals surface area (Å²) in [6, 6.07) is 13.8. The third-order valence-corrected chi connectivity index (χ3v) is 5.60. The predicted octanol–water partition coefficient (Wildman–Crippen LogP) is 4.83. The summed E-state index contributed by atoms with van der Waals surface area (Å²) >= 11 is 5.62. The minimum atomic E-state index is -4.61. The number of anilines is 1. The highest BCUT2D eigenvalue weighted by Crippen LogP contribution is 2.36. The van der Waals surface area contributed by atoms with Gasteiger partial charge in [0.2, 0.25) is 5.91 Å². The van der Waals surface area contributed by atoms with Crippen LogP contribution in [-0.4, -0.2) is 41.0 Å². The van der Waals surface area contributed by atoms with Crippen molar-refractivity contribution in [1.29, 1.82) is 0 Å². The van der Waals surface area contributed by atoms with Gasteiger partial charge in [-0.05, 0) is 48.4 Å². The van der Waals surface area contributed by atoms with E-state index in [0.29, 0.717) is 42.5 Å². The summed E-state index contributed by atoms with van der Waals surface area (Å²) in [5.74, 6) is 1.23. The molecule has 0 radical (unpaired) electrons. The Morgan fingerprint density at radius 1 is 1.17 bits per heavy atom. The summed E-state index contributed by atoms with van der Waals surface area (Å²) in [5.41, 5.74) is 0.420. The minimum Gasteiger partial charge on any atom is -0.457 e. The molecule has 0 spiro atoms. The number of carbonyl (C=O) groups excluding carboxylic acids is 1. The predicted molar refractivity (Wildman–Crippen MR) is 130 cm³/mol. The quantitative estimate of drug-likeness (QED) is 0.416. The molecule has 0 saturated carbocycles. The van der Waals surface area contributed by atoms with Crippen molar-refractivity contribution in [1.82, 2.24) is 10.3 Å². The number of amidine groups is 1. The van der Waals surface area contributed by atoms with Crippen molar-refractivity contribution in [3.63, 3.8) is 0 Å². The number of hydrogen-bond acceptors (Lipinski definition) is 6. The molecule has 0 fully saturated rings. The van der Waals surface area contributed by atoms with Gasteiger partial charge < -0.3 is 20.5 Å². The Bertz CT molecular complexity index is 1280. The van der Waals surface area contributed by atoms with Gasteiger partial charge in [-0.3, -0.25) is 14.8 Å². The number of halogens is 4. The highest BCUT2D eigenvalue weighted by atomic mass is 35.5. The number of rotatable bonds is 7. The van der Waals surface area contributed by atoms with Gasteiger partial charge in [-0.15, -0.1) is 0 Å². The van der Waals surface area contributed by atoms with E-state index in [-0.39, 0.29) is 12.1 Å². The van der Waals surface area contributed by atoms with Crippen molar-refractivity contribution in [2.75, 3.05) is 18.4 Å². The highest BCUT2D eigenvalue weighted by molar-refractivity contribution is 6.31. The van der Waals surface area contributed by atoms with Crippen molar-refractivity contribution >= 4 is 29.0 Å². The Balaban J connectivity index is 1.36. The summed E-state index contributed by atoms with van der Waals surface area (Å²) in [4.78, 5) is 20.9. The number of alkyl halides is 3. The van der Waals surface area contributed by atoms with Crippen molar-refractivity contribution in [3.8, 4) is 11.5 Å². The monoisotopic (exact) mass is 518 g/mol. The molecule has 0 bridgehead atoms. The van der Waals surface area contributed by atoms with E-state index in [9.17, 15) is 23.1 Å². The number of aryl methyl sites for hydroxylation is 1. The second-order valence-corrected chi connectivity index (χ2v) is 8.50. The number of carbonyl (C=O) groups is 1. The Morgan fingerprint density at radius 2 is 1.97 bits per heavy atom.